The highest BCUT2D eigenvalue weighted by Crippen LogP contribution is 2.26. The largest absolute Gasteiger partial charge is 0.456 e. The summed E-state index contributed by atoms with van der Waals surface area (Å²) in [5, 5.41) is 0. The second-order valence-electron chi connectivity index (χ2n) is 6.76. The number of rotatable bonds is 4. The molecule has 0 radical (unpaired) electrons. The van der Waals surface area contributed by atoms with Crippen molar-refractivity contribution < 1.29 is 13.9 Å². The number of hydrogen-bond donors (Lipinski definition) is 0. The Kier molecular flexibility index (Phi) is 4.59. The molecule has 2 fully saturated rings. The van der Waals surface area contributed by atoms with Gasteiger partial charge in [0, 0.05) is 32.6 Å². The molecule has 0 bridgehead atoms. The molecule has 0 aliphatic carbocycles. The average Bonchev–Trinajstić information content (AvgIpc) is 3.29. The molecule has 0 saturated carbocycles. The molecule has 1 aromatic heterocycles. The monoisotopic (exact) mass is 340 g/mol. The average molecular weight is 340 g/mol. The minimum atomic E-state index is -0.0302. The number of carbonyl (C=O) groups excluding carboxylic acids is 1. The van der Waals surface area contributed by atoms with Crippen molar-refractivity contribution in [3.05, 3.63) is 59.5 Å². The van der Waals surface area contributed by atoms with Gasteiger partial charge in [0.2, 0.25) is 0 Å². The van der Waals surface area contributed by atoms with Gasteiger partial charge in [0.05, 0.1) is 18.8 Å². The van der Waals surface area contributed by atoms with Crippen molar-refractivity contribution in [3.8, 4) is 0 Å². The van der Waals surface area contributed by atoms with E-state index >= 15 is 0 Å². The molecule has 2 saturated heterocycles. The van der Waals surface area contributed by atoms with Crippen LogP contribution in [0.5, 0.6) is 0 Å². The van der Waals surface area contributed by atoms with Gasteiger partial charge in [-0.2, -0.15) is 0 Å². The molecule has 2 aliphatic rings. The molecule has 0 unspecified atom stereocenters. The van der Waals surface area contributed by atoms with Crippen LogP contribution in [0.25, 0.3) is 0 Å². The zero-order valence-electron chi connectivity index (χ0n) is 14.6. The van der Waals surface area contributed by atoms with Crippen molar-refractivity contribution in [3.63, 3.8) is 0 Å². The zero-order chi connectivity index (χ0) is 17.2. The maximum absolute atomic E-state index is 12.7. The van der Waals surface area contributed by atoms with Crippen LogP contribution in [0.1, 0.15) is 28.8 Å². The van der Waals surface area contributed by atoms with E-state index in [1.54, 1.807) is 6.07 Å². The number of likely N-dealkylation sites (tertiary alicyclic amines) is 1. The number of ether oxygens (including phenoxy) is 1. The number of aryl methyl sites for hydroxylation is 1. The van der Waals surface area contributed by atoms with Gasteiger partial charge in [0.15, 0.2) is 5.76 Å². The van der Waals surface area contributed by atoms with Crippen molar-refractivity contribution in [2.24, 2.45) is 0 Å². The highest BCUT2D eigenvalue weighted by atomic mass is 16.5. The Morgan fingerprint density at radius 3 is 2.76 bits per heavy atom. The van der Waals surface area contributed by atoms with Gasteiger partial charge in [-0.15, -0.1) is 0 Å². The topological polar surface area (TPSA) is 45.9 Å². The summed E-state index contributed by atoms with van der Waals surface area (Å²) < 4.78 is 11.6. The quantitative estimate of drug-likeness (QED) is 0.858. The third-order valence-electron chi connectivity index (χ3n) is 5.15. The molecular weight excluding hydrogens is 316 g/mol. The number of nitrogens with zero attached hydrogens (tertiary/aromatic N) is 2. The Morgan fingerprint density at radius 1 is 1.16 bits per heavy atom. The Balaban J connectivity index is 1.46. The molecule has 1 amide bonds. The Bertz CT molecular complexity index is 728. The van der Waals surface area contributed by atoms with E-state index in [0.29, 0.717) is 18.8 Å². The van der Waals surface area contributed by atoms with E-state index in [-0.39, 0.29) is 18.1 Å². The first kappa shape index (κ1) is 16.4. The number of furan rings is 1. The number of hydrogen-bond acceptors (Lipinski definition) is 4. The molecule has 2 aliphatic heterocycles. The SMILES string of the molecule is CCc1ccc(C(=O)N2C[C@@H]3[C@@H](C2)OCCN3Cc2ccccc2)o1. The van der Waals surface area contributed by atoms with Crippen LogP contribution >= 0.6 is 0 Å². The first-order chi connectivity index (χ1) is 12.2. The van der Waals surface area contributed by atoms with Gasteiger partial charge in [-0.3, -0.25) is 9.69 Å². The Morgan fingerprint density at radius 2 is 2.00 bits per heavy atom. The zero-order valence-corrected chi connectivity index (χ0v) is 14.6. The van der Waals surface area contributed by atoms with Crippen LogP contribution < -0.4 is 0 Å². The van der Waals surface area contributed by atoms with Gasteiger partial charge in [0.1, 0.15) is 5.76 Å². The number of benzene rings is 1. The van der Waals surface area contributed by atoms with Crippen LogP contribution in [-0.4, -0.2) is 54.1 Å². The summed E-state index contributed by atoms with van der Waals surface area (Å²) in [6, 6.07) is 14.4. The third kappa shape index (κ3) is 3.34. The Hall–Kier alpha value is -2.11. The van der Waals surface area contributed by atoms with Gasteiger partial charge < -0.3 is 14.1 Å². The molecular formula is C20H24N2O3. The predicted octanol–water partition coefficient (Wildman–Crippen LogP) is 2.57. The van der Waals surface area contributed by atoms with Crippen LogP contribution in [0.15, 0.2) is 46.9 Å². The normalized spacial score (nSPS) is 23.6. The molecule has 25 heavy (non-hydrogen) atoms. The number of carbonyl (C=O) groups is 1. The van der Waals surface area contributed by atoms with E-state index in [1.807, 2.05) is 24.0 Å². The van der Waals surface area contributed by atoms with Crippen molar-refractivity contribution in [2.45, 2.75) is 32.0 Å². The summed E-state index contributed by atoms with van der Waals surface area (Å²) in [7, 11) is 0. The second-order valence-corrected chi connectivity index (χ2v) is 6.76. The molecule has 2 atom stereocenters. The van der Waals surface area contributed by atoms with Crippen LogP contribution in [0.4, 0.5) is 0 Å². The fourth-order valence-corrected chi connectivity index (χ4v) is 3.78. The molecule has 4 rings (SSSR count). The minimum Gasteiger partial charge on any atom is -0.456 e. The number of fused-ring (bicyclic) bond motifs is 1. The number of amides is 1. The van der Waals surface area contributed by atoms with E-state index < -0.39 is 0 Å². The fraction of sp³-hybridized carbons (Fsp3) is 0.450. The molecule has 0 spiro atoms. The van der Waals surface area contributed by atoms with Gasteiger partial charge in [-0.25, -0.2) is 0 Å². The molecule has 0 N–H and O–H groups in total. The van der Waals surface area contributed by atoms with Gasteiger partial charge >= 0.3 is 0 Å². The first-order valence-corrected chi connectivity index (χ1v) is 9.02. The van der Waals surface area contributed by atoms with E-state index in [4.69, 9.17) is 9.15 Å². The van der Waals surface area contributed by atoms with E-state index in [9.17, 15) is 4.79 Å². The van der Waals surface area contributed by atoms with E-state index in [0.717, 1.165) is 31.9 Å². The maximum Gasteiger partial charge on any atom is 0.289 e. The fourth-order valence-electron chi connectivity index (χ4n) is 3.78. The lowest BCUT2D eigenvalue weighted by molar-refractivity contribution is -0.0503. The maximum atomic E-state index is 12.7. The van der Waals surface area contributed by atoms with Gasteiger partial charge in [-0.1, -0.05) is 37.3 Å². The highest BCUT2D eigenvalue weighted by molar-refractivity contribution is 5.91. The molecule has 2 aromatic rings. The third-order valence-corrected chi connectivity index (χ3v) is 5.15. The van der Waals surface area contributed by atoms with Crippen LogP contribution in [0.3, 0.4) is 0 Å². The lowest BCUT2D eigenvalue weighted by Gasteiger charge is -2.36. The number of morpholine rings is 1. The van der Waals surface area contributed by atoms with Crippen molar-refractivity contribution in [1.82, 2.24) is 9.80 Å². The van der Waals surface area contributed by atoms with Crippen LogP contribution in [0.2, 0.25) is 0 Å². The smallest absolute Gasteiger partial charge is 0.289 e. The van der Waals surface area contributed by atoms with Crippen LogP contribution in [0, 0.1) is 0 Å². The second kappa shape index (κ2) is 7.02. The van der Waals surface area contributed by atoms with Crippen molar-refractivity contribution in [1.29, 1.82) is 0 Å². The van der Waals surface area contributed by atoms with E-state index in [1.165, 1.54) is 5.56 Å². The predicted molar refractivity (Wildman–Crippen MR) is 94.4 cm³/mol. The minimum absolute atomic E-state index is 0.0302. The van der Waals surface area contributed by atoms with Gasteiger partial charge in [-0.05, 0) is 17.7 Å². The van der Waals surface area contributed by atoms with Crippen LogP contribution in [-0.2, 0) is 17.7 Å². The summed E-state index contributed by atoms with van der Waals surface area (Å²) in [6.07, 6.45) is 0.883. The molecule has 132 valence electrons. The summed E-state index contributed by atoms with van der Waals surface area (Å²) >= 11 is 0. The van der Waals surface area contributed by atoms with Crippen molar-refractivity contribution in [2.75, 3.05) is 26.2 Å². The molecule has 5 heteroatoms. The van der Waals surface area contributed by atoms with Gasteiger partial charge in [0.25, 0.3) is 5.91 Å². The molecule has 5 nitrogen and oxygen atoms in total. The summed E-state index contributed by atoms with van der Waals surface area (Å²) in [4.78, 5) is 17.1. The van der Waals surface area contributed by atoms with E-state index in [2.05, 4.69) is 29.2 Å². The lowest BCUT2D eigenvalue weighted by atomic mass is 10.1. The molecule has 1 aromatic carbocycles. The standard InChI is InChI=1S/C20H24N2O3/c1-2-16-8-9-18(25-16)20(23)22-13-17-19(14-22)24-11-10-21(17)12-15-6-4-3-5-7-15/h3-9,17,19H,2,10-14H2,1H3/t17-,19-/m1/s1. The first-order valence-electron chi connectivity index (χ1n) is 9.02. The van der Waals surface area contributed by atoms with Crippen molar-refractivity contribution >= 4 is 5.91 Å². The summed E-state index contributed by atoms with van der Waals surface area (Å²) in [5.74, 6) is 1.25. The highest BCUT2D eigenvalue weighted by Gasteiger charge is 2.42. The summed E-state index contributed by atoms with van der Waals surface area (Å²) in [5.41, 5.74) is 1.30. The summed E-state index contributed by atoms with van der Waals surface area (Å²) in [6.45, 7) is 5.87. The Labute approximate surface area is 148 Å². The lowest BCUT2D eigenvalue weighted by Crippen LogP contribution is -2.50. The molecule has 3 heterocycles.